The molecule has 0 saturated carbocycles. The maximum absolute atomic E-state index is 9.05. The highest BCUT2D eigenvalue weighted by Crippen LogP contribution is 2.23. The zero-order chi connectivity index (χ0) is 13.0. The lowest BCUT2D eigenvalue weighted by molar-refractivity contribution is 0.302. The Bertz CT molecular complexity index is 493. The van der Waals surface area contributed by atoms with Gasteiger partial charge in [0.1, 0.15) is 11.5 Å². The van der Waals surface area contributed by atoms with Crippen LogP contribution in [0.5, 0.6) is 0 Å². The highest BCUT2D eigenvalue weighted by atomic mass is 35.5. The number of aromatic nitrogens is 3. The van der Waals surface area contributed by atoms with E-state index in [4.69, 9.17) is 16.7 Å². The molecular formula is C11H15ClN4OS. The molecule has 0 bridgehead atoms. The van der Waals surface area contributed by atoms with Crippen LogP contribution in [0, 0.1) is 0 Å². The van der Waals surface area contributed by atoms with Crippen molar-refractivity contribution in [3.05, 3.63) is 23.1 Å². The second kappa shape index (κ2) is 6.17. The molecule has 2 rings (SSSR count). The molecule has 0 unspecified atom stereocenters. The number of rotatable bonds is 6. The first-order chi connectivity index (χ1) is 8.74. The summed E-state index contributed by atoms with van der Waals surface area (Å²) in [6.07, 6.45) is 4.37. The van der Waals surface area contributed by atoms with E-state index in [1.54, 1.807) is 28.4 Å². The summed E-state index contributed by atoms with van der Waals surface area (Å²) < 4.78 is 1.78. The molecule has 1 N–H and O–H groups in total. The fourth-order valence-corrected chi connectivity index (χ4v) is 2.65. The molecule has 0 atom stereocenters. The topological polar surface area (TPSA) is 54.2 Å². The number of imidazole rings is 1. The average molecular weight is 287 g/mol. The molecule has 0 radical (unpaired) electrons. The van der Waals surface area contributed by atoms with Crippen LogP contribution in [0.3, 0.4) is 0 Å². The van der Waals surface area contributed by atoms with Crippen LogP contribution in [0.15, 0.2) is 17.9 Å². The number of aliphatic hydroxyl groups is 1. The van der Waals surface area contributed by atoms with Crippen LogP contribution in [0.4, 0.5) is 5.13 Å². The normalized spacial score (nSPS) is 10.8. The minimum absolute atomic E-state index is 0.131. The number of hydrogen-bond donors (Lipinski definition) is 1. The molecule has 2 heterocycles. The van der Waals surface area contributed by atoms with Gasteiger partial charge < -0.3 is 10.0 Å². The molecule has 2 aromatic rings. The molecule has 98 valence electrons. The summed E-state index contributed by atoms with van der Waals surface area (Å²) in [5.41, 5.74) is 0. The Labute approximate surface area is 115 Å². The lowest BCUT2D eigenvalue weighted by Crippen LogP contribution is -2.27. The molecule has 0 saturated heterocycles. The predicted molar refractivity (Wildman–Crippen MR) is 73.8 cm³/mol. The Morgan fingerprint density at radius 3 is 2.94 bits per heavy atom. The Balaban J connectivity index is 2.18. The van der Waals surface area contributed by atoms with E-state index >= 15 is 0 Å². The number of nitrogens with zero attached hydrogens (tertiary/aromatic N) is 4. The van der Waals surface area contributed by atoms with E-state index in [9.17, 15) is 0 Å². The van der Waals surface area contributed by atoms with Crippen molar-refractivity contribution in [2.45, 2.75) is 13.3 Å². The van der Waals surface area contributed by atoms with Gasteiger partial charge in [0.2, 0.25) is 0 Å². The van der Waals surface area contributed by atoms with Crippen molar-refractivity contribution < 1.29 is 5.11 Å². The molecule has 2 aromatic heterocycles. The fraction of sp³-hybridized carbons (Fsp3) is 0.455. The van der Waals surface area contributed by atoms with Gasteiger partial charge in [-0.3, -0.25) is 4.57 Å². The summed E-state index contributed by atoms with van der Waals surface area (Å²) >= 11 is 7.33. The lowest BCUT2D eigenvalue weighted by atomic mass is 10.4. The van der Waals surface area contributed by atoms with Crippen LogP contribution in [0.2, 0.25) is 5.15 Å². The molecule has 0 aliphatic carbocycles. The van der Waals surface area contributed by atoms with Crippen LogP contribution >= 0.6 is 22.9 Å². The standard InChI is InChI=1S/C11H15ClN4OS/c1-2-3-15(4-5-17)11-14-10(7-18-11)16-6-9(12)13-8-16/h6-8,17H,2-5H2,1H3. The molecule has 18 heavy (non-hydrogen) atoms. The van der Waals surface area contributed by atoms with Crippen molar-refractivity contribution in [3.8, 4) is 5.82 Å². The second-order valence-corrected chi connectivity index (χ2v) is 5.03. The van der Waals surface area contributed by atoms with E-state index in [2.05, 4.69) is 21.8 Å². The van der Waals surface area contributed by atoms with Crippen molar-refractivity contribution in [2.24, 2.45) is 0 Å². The molecule has 0 fully saturated rings. The van der Waals surface area contributed by atoms with Gasteiger partial charge in [0, 0.05) is 24.7 Å². The Morgan fingerprint density at radius 1 is 1.50 bits per heavy atom. The summed E-state index contributed by atoms with van der Waals surface area (Å²) in [6, 6.07) is 0. The molecule has 0 aromatic carbocycles. The first-order valence-corrected chi connectivity index (χ1v) is 7.01. The number of halogens is 1. The fourth-order valence-electron chi connectivity index (χ4n) is 1.64. The van der Waals surface area contributed by atoms with Crippen LogP contribution in [-0.4, -0.2) is 39.3 Å². The summed E-state index contributed by atoms with van der Waals surface area (Å²) in [6.45, 7) is 3.73. The molecule has 7 heteroatoms. The van der Waals surface area contributed by atoms with Gasteiger partial charge in [-0.2, -0.15) is 0 Å². The maximum Gasteiger partial charge on any atom is 0.187 e. The average Bonchev–Trinajstić information content (AvgIpc) is 2.97. The van der Waals surface area contributed by atoms with Crippen LogP contribution < -0.4 is 4.90 Å². The lowest BCUT2D eigenvalue weighted by Gasteiger charge is -2.19. The third-order valence-electron chi connectivity index (χ3n) is 2.43. The Kier molecular flexibility index (Phi) is 4.57. The van der Waals surface area contributed by atoms with Crippen molar-refractivity contribution in [1.82, 2.24) is 14.5 Å². The summed E-state index contributed by atoms with van der Waals surface area (Å²) in [5, 5.41) is 12.4. The summed E-state index contributed by atoms with van der Waals surface area (Å²) in [4.78, 5) is 10.6. The van der Waals surface area contributed by atoms with Gasteiger partial charge in [-0.25, -0.2) is 9.97 Å². The SMILES string of the molecule is CCCN(CCO)c1nc(-n2cnc(Cl)c2)cs1. The third-order valence-corrected chi connectivity index (χ3v) is 3.51. The van der Waals surface area contributed by atoms with E-state index in [0.717, 1.165) is 23.9 Å². The van der Waals surface area contributed by atoms with Crippen molar-refractivity contribution in [1.29, 1.82) is 0 Å². The predicted octanol–water partition coefficient (Wildman–Crippen LogP) is 2.19. The third kappa shape index (κ3) is 3.01. The Hall–Kier alpha value is -1.11. The van der Waals surface area contributed by atoms with Crippen LogP contribution in [0.25, 0.3) is 5.82 Å². The number of anilines is 1. The number of aliphatic hydroxyl groups excluding tert-OH is 1. The van der Waals surface area contributed by atoms with E-state index in [1.807, 2.05) is 5.38 Å². The Morgan fingerprint density at radius 2 is 2.33 bits per heavy atom. The second-order valence-electron chi connectivity index (χ2n) is 3.80. The molecule has 0 amide bonds. The highest BCUT2D eigenvalue weighted by molar-refractivity contribution is 7.14. The van der Waals surface area contributed by atoms with Crippen molar-refractivity contribution >= 4 is 28.1 Å². The van der Waals surface area contributed by atoms with Crippen molar-refractivity contribution in [2.75, 3.05) is 24.6 Å². The summed E-state index contributed by atoms with van der Waals surface area (Å²) in [5.74, 6) is 0.799. The van der Waals surface area contributed by atoms with Gasteiger partial charge in [-0.05, 0) is 6.42 Å². The number of thiazole rings is 1. The molecule has 0 aliphatic heterocycles. The van der Waals surface area contributed by atoms with Gasteiger partial charge in [-0.1, -0.05) is 18.5 Å². The first kappa shape index (κ1) is 13.3. The first-order valence-electron chi connectivity index (χ1n) is 5.75. The zero-order valence-corrected chi connectivity index (χ0v) is 11.7. The van der Waals surface area contributed by atoms with Crippen LogP contribution in [-0.2, 0) is 0 Å². The van der Waals surface area contributed by atoms with E-state index in [0.29, 0.717) is 11.7 Å². The minimum Gasteiger partial charge on any atom is -0.395 e. The summed E-state index contributed by atoms with van der Waals surface area (Å²) in [7, 11) is 0. The van der Waals surface area contributed by atoms with Gasteiger partial charge in [-0.15, -0.1) is 11.3 Å². The number of hydrogen-bond acceptors (Lipinski definition) is 5. The zero-order valence-electron chi connectivity index (χ0n) is 10.1. The van der Waals surface area contributed by atoms with Crippen molar-refractivity contribution in [3.63, 3.8) is 0 Å². The smallest absolute Gasteiger partial charge is 0.187 e. The quantitative estimate of drug-likeness (QED) is 0.884. The van der Waals surface area contributed by atoms with E-state index in [-0.39, 0.29) is 6.61 Å². The van der Waals surface area contributed by atoms with Crippen LogP contribution in [0.1, 0.15) is 13.3 Å². The monoisotopic (exact) mass is 286 g/mol. The van der Waals surface area contributed by atoms with Gasteiger partial charge in [0.25, 0.3) is 0 Å². The van der Waals surface area contributed by atoms with Gasteiger partial charge in [0.05, 0.1) is 6.61 Å². The van der Waals surface area contributed by atoms with Gasteiger partial charge >= 0.3 is 0 Å². The van der Waals surface area contributed by atoms with E-state index < -0.39 is 0 Å². The molecule has 5 nitrogen and oxygen atoms in total. The molecule has 0 spiro atoms. The minimum atomic E-state index is 0.131. The highest BCUT2D eigenvalue weighted by Gasteiger charge is 2.11. The maximum atomic E-state index is 9.05. The largest absolute Gasteiger partial charge is 0.395 e. The molecular weight excluding hydrogens is 272 g/mol. The molecule has 0 aliphatic rings. The van der Waals surface area contributed by atoms with Gasteiger partial charge in [0.15, 0.2) is 10.9 Å². The van der Waals surface area contributed by atoms with E-state index in [1.165, 1.54) is 0 Å².